The highest BCUT2D eigenvalue weighted by atomic mass is 19.4. The number of carbonyl (C=O) groups is 3. The number of nitrogens with zero attached hydrogens (tertiary/aromatic N) is 2. The van der Waals surface area contributed by atoms with Crippen LogP contribution in [0.5, 0.6) is 0 Å². The Hall–Kier alpha value is -5.57. The number of hydrogen-bond donors (Lipinski definition) is 1. The Bertz CT molecular complexity index is 1970. The molecule has 1 aliphatic rings. The van der Waals surface area contributed by atoms with Crippen LogP contribution in [0.25, 0.3) is 33.5 Å². The summed E-state index contributed by atoms with van der Waals surface area (Å²) in [6.07, 6.45) is -2.81. The quantitative estimate of drug-likeness (QED) is 0.167. The molecule has 6 nitrogen and oxygen atoms in total. The van der Waals surface area contributed by atoms with Gasteiger partial charge in [0.15, 0.2) is 0 Å². The summed E-state index contributed by atoms with van der Waals surface area (Å²) in [5.41, 5.74) is 6.90. The highest BCUT2D eigenvalue weighted by Gasteiger charge is 2.41. The highest BCUT2D eigenvalue weighted by molar-refractivity contribution is 6.09. The maximum Gasteiger partial charge on any atom is 0.406 e. The van der Waals surface area contributed by atoms with E-state index >= 15 is 0 Å². The van der Waals surface area contributed by atoms with Crippen molar-refractivity contribution in [3.05, 3.63) is 132 Å². The van der Waals surface area contributed by atoms with Gasteiger partial charge >= 0.3 is 6.18 Å². The van der Waals surface area contributed by atoms with Crippen molar-refractivity contribution in [1.29, 1.82) is 0 Å². The fraction of sp³-hybridized carbons (Fsp3) is 0.158. The SMILES string of the molecule is Cc1c(NC(=O)c2ccccc2-c2ccccc2)ccnc1-c1cccc2c1C(C(=O)N(CCC=O)CC(F)(F)F)c1ccccc1-2. The van der Waals surface area contributed by atoms with Crippen LogP contribution in [0.15, 0.2) is 109 Å². The predicted octanol–water partition coefficient (Wildman–Crippen LogP) is 8.07. The molecule has 6 rings (SSSR count). The van der Waals surface area contributed by atoms with Crippen molar-refractivity contribution in [2.45, 2.75) is 25.4 Å². The van der Waals surface area contributed by atoms with Gasteiger partial charge in [0.25, 0.3) is 5.91 Å². The number of pyridine rings is 1. The Balaban J connectivity index is 1.41. The van der Waals surface area contributed by atoms with E-state index in [9.17, 15) is 27.6 Å². The number of rotatable bonds is 9. The average Bonchev–Trinajstić information content (AvgIpc) is 3.42. The number of amides is 2. The third-order valence-electron chi connectivity index (χ3n) is 8.37. The Kier molecular flexibility index (Phi) is 8.72. The monoisotopic (exact) mass is 633 g/mol. The minimum Gasteiger partial charge on any atom is -0.332 e. The van der Waals surface area contributed by atoms with E-state index in [1.165, 1.54) is 0 Å². The molecule has 0 bridgehead atoms. The van der Waals surface area contributed by atoms with Crippen molar-refractivity contribution in [3.8, 4) is 33.5 Å². The second kappa shape index (κ2) is 13.0. The molecular weight excluding hydrogens is 603 g/mol. The van der Waals surface area contributed by atoms with E-state index < -0.39 is 24.5 Å². The number of carbonyl (C=O) groups excluding carboxylic acids is 3. The van der Waals surface area contributed by atoms with Gasteiger partial charge in [0.05, 0.1) is 11.6 Å². The van der Waals surface area contributed by atoms with Crippen LogP contribution in [0.3, 0.4) is 0 Å². The third kappa shape index (κ3) is 6.29. The van der Waals surface area contributed by atoms with Crippen LogP contribution in [0.1, 0.15) is 39.4 Å². The molecule has 0 aliphatic heterocycles. The van der Waals surface area contributed by atoms with E-state index in [0.29, 0.717) is 55.9 Å². The first-order valence-corrected chi connectivity index (χ1v) is 15.1. The molecule has 1 heterocycles. The largest absolute Gasteiger partial charge is 0.406 e. The maximum atomic E-state index is 14.1. The van der Waals surface area contributed by atoms with Gasteiger partial charge in [0.1, 0.15) is 12.8 Å². The van der Waals surface area contributed by atoms with Crippen LogP contribution < -0.4 is 5.32 Å². The molecule has 236 valence electrons. The van der Waals surface area contributed by atoms with Gasteiger partial charge in [-0.2, -0.15) is 13.2 Å². The number of aromatic nitrogens is 1. The van der Waals surface area contributed by atoms with Gasteiger partial charge in [-0.15, -0.1) is 0 Å². The lowest BCUT2D eigenvalue weighted by atomic mass is 9.89. The van der Waals surface area contributed by atoms with Crippen LogP contribution >= 0.6 is 0 Å². The predicted molar refractivity (Wildman–Crippen MR) is 175 cm³/mol. The van der Waals surface area contributed by atoms with Crippen molar-refractivity contribution in [2.75, 3.05) is 18.4 Å². The molecule has 0 saturated carbocycles. The summed E-state index contributed by atoms with van der Waals surface area (Å²) >= 11 is 0. The van der Waals surface area contributed by atoms with Crippen LogP contribution in [-0.2, 0) is 9.59 Å². The Morgan fingerprint density at radius 3 is 2.23 bits per heavy atom. The van der Waals surface area contributed by atoms with Crippen molar-refractivity contribution < 1.29 is 27.6 Å². The lowest BCUT2D eigenvalue weighted by molar-refractivity contribution is -0.161. The Morgan fingerprint density at radius 1 is 0.830 bits per heavy atom. The lowest BCUT2D eigenvalue weighted by Crippen LogP contribution is -2.42. The maximum absolute atomic E-state index is 14.1. The molecule has 0 radical (unpaired) electrons. The first kappa shape index (κ1) is 31.4. The van der Waals surface area contributed by atoms with Gasteiger partial charge in [-0.25, -0.2) is 0 Å². The first-order chi connectivity index (χ1) is 22.7. The van der Waals surface area contributed by atoms with Gasteiger partial charge in [-0.3, -0.25) is 14.6 Å². The second-order valence-corrected chi connectivity index (χ2v) is 11.3. The standard InChI is InChI=1S/C38H30F3N3O3/c1-24-32(43-36(46)30-16-8-5-13-26(30)25-11-3-2-4-12-25)19-20-42-35(24)31-18-9-17-28-27-14-6-7-15-29(27)34(33(28)31)37(47)44(21-10-22-45)23-38(39,40)41/h2-9,11-20,22,34H,10,21,23H2,1H3,(H,42,43,46). The number of benzene rings is 4. The molecule has 1 aromatic heterocycles. The molecule has 47 heavy (non-hydrogen) atoms. The number of fused-ring (bicyclic) bond motifs is 3. The molecule has 2 amide bonds. The summed E-state index contributed by atoms with van der Waals surface area (Å²) in [6.45, 7) is -0.0280. The number of nitrogens with one attached hydrogen (secondary N) is 1. The fourth-order valence-electron chi connectivity index (χ4n) is 6.28. The fourth-order valence-corrected chi connectivity index (χ4v) is 6.28. The zero-order valence-electron chi connectivity index (χ0n) is 25.4. The molecular formula is C38H30F3N3O3. The summed E-state index contributed by atoms with van der Waals surface area (Å²) in [6, 6.07) is 31.2. The molecule has 1 N–H and O–H groups in total. The van der Waals surface area contributed by atoms with Crippen molar-refractivity contribution in [3.63, 3.8) is 0 Å². The molecule has 0 saturated heterocycles. The molecule has 1 aliphatic carbocycles. The molecule has 5 aromatic rings. The minimum atomic E-state index is -4.65. The molecule has 4 aromatic carbocycles. The van der Waals surface area contributed by atoms with Crippen molar-refractivity contribution >= 4 is 23.8 Å². The molecule has 1 unspecified atom stereocenters. The van der Waals surface area contributed by atoms with Crippen LogP contribution in [-0.4, -0.2) is 47.3 Å². The lowest BCUT2D eigenvalue weighted by Gasteiger charge is -2.28. The normalized spacial score (nSPS) is 13.4. The number of hydrogen-bond acceptors (Lipinski definition) is 4. The number of halogens is 3. The molecule has 0 fully saturated rings. The summed E-state index contributed by atoms with van der Waals surface area (Å²) < 4.78 is 40.9. The third-order valence-corrected chi connectivity index (χ3v) is 8.37. The second-order valence-electron chi connectivity index (χ2n) is 11.3. The van der Waals surface area contributed by atoms with Crippen LogP contribution in [0, 0.1) is 6.92 Å². The molecule has 0 spiro atoms. The van der Waals surface area contributed by atoms with Gasteiger partial charge in [-0.1, -0.05) is 91.0 Å². The highest BCUT2D eigenvalue weighted by Crippen LogP contribution is 2.50. The summed E-state index contributed by atoms with van der Waals surface area (Å²) in [7, 11) is 0. The van der Waals surface area contributed by atoms with Crippen LogP contribution in [0.2, 0.25) is 0 Å². The summed E-state index contributed by atoms with van der Waals surface area (Å²) in [5, 5.41) is 3.02. The number of aldehydes is 1. The Morgan fingerprint density at radius 2 is 1.49 bits per heavy atom. The van der Waals surface area contributed by atoms with Crippen molar-refractivity contribution in [1.82, 2.24) is 9.88 Å². The molecule has 9 heteroatoms. The zero-order valence-corrected chi connectivity index (χ0v) is 25.4. The van der Waals surface area contributed by atoms with Gasteiger partial charge in [0.2, 0.25) is 5.91 Å². The average molecular weight is 634 g/mol. The summed E-state index contributed by atoms with van der Waals surface area (Å²) in [5.74, 6) is -2.12. The van der Waals surface area contributed by atoms with Crippen LogP contribution in [0.4, 0.5) is 18.9 Å². The number of anilines is 1. The number of alkyl halides is 3. The van der Waals surface area contributed by atoms with E-state index in [1.807, 2.05) is 66.7 Å². The Labute approximate surface area is 269 Å². The topological polar surface area (TPSA) is 79.4 Å². The summed E-state index contributed by atoms with van der Waals surface area (Å²) in [4.78, 5) is 44.2. The van der Waals surface area contributed by atoms with Gasteiger partial charge in [0, 0.05) is 36.0 Å². The van der Waals surface area contributed by atoms with E-state index in [-0.39, 0.29) is 18.9 Å². The van der Waals surface area contributed by atoms with E-state index in [1.54, 1.807) is 49.5 Å². The molecule has 1 atom stereocenters. The minimum absolute atomic E-state index is 0.222. The van der Waals surface area contributed by atoms with E-state index in [4.69, 9.17) is 0 Å². The first-order valence-electron chi connectivity index (χ1n) is 15.1. The zero-order chi connectivity index (χ0) is 33.1. The van der Waals surface area contributed by atoms with Crippen molar-refractivity contribution in [2.24, 2.45) is 0 Å². The van der Waals surface area contributed by atoms with Gasteiger partial charge in [-0.05, 0) is 58.0 Å². The van der Waals surface area contributed by atoms with E-state index in [0.717, 1.165) is 16.7 Å². The van der Waals surface area contributed by atoms with E-state index in [2.05, 4.69) is 10.3 Å². The smallest absolute Gasteiger partial charge is 0.332 e. The van der Waals surface area contributed by atoms with Gasteiger partial charge < -0.3 is 15.0 Å².